The number of aliphatic hydroxyl groups excluding tert-OH is 1. The molecule has 9 nitrogen and oxygen atoms in total. The third kappa shape index (κ3) is 5.75. The van der Waals surface area contributed by atoms with Gasteiger partial charge in [-0.2, -0.15) is 0 Å². The molecule has 0 heterocycles. The minimum atomic E-state index is -0.524. The van der Waals surface area contributed by atoms with Gasteiger partial charge in [-0.15, -0.1) is 0 Å². The van der Waals surface area contributed by atoms with E-state index in [1.807, 2.05) is 0 Å². The number of nitrogens with one attached hydrogen (secondary N) is 2. The van der Waals surface area contributed by atoms with Crippen LogP contribution in [0.5, 0.6) is 0 Å². The van der Waals surface area contributed by atoms with Crippen LogP contribution in [0.15, 0.2) is 24.3 Å². The van der Waals surface area contributed by atoms with E-state index in [1.54, 1.807) is 12.1 Å². The number of rotatable bonds is 7. The van der Waals surface area contributed by atoms with Crippen LogP contribution >= 0.6 is 0 Å². The van der Waals surface area contributed by atoms with E-state index >= 15 is 0 Å². The molecule has 0 bridgehead atoms. The molecule has 0 saturated carbocycles. The number of benzene rings is 1. The third-order valence-corrected chi connectivity index (χ3v) is 2.86. The molecule has 1 rings (SSSR count). The van der Waals surface area contributed by atoms with Crippen molar-refractivity contribution in [2.75, 3.05) is 26.7 Å². The first-order chi connectivity index (χ1) is 10.4. The number of hydrogen-bond donors (Lipinski definition) is 3. The fraction of sp³-hybridized carbons (Fsp3) is 0.385. The van der Waals surface area contributed by atoms with E-state index in [9.17, 15) is 19.7 Å². The van der Waals surface area contributed by atoms with Crippen molar-refractivity contribution in [1.82, 2.24) is 15.5 Å². The van der Waals surface area contributed by atoms with E-state index in [2.05, 4.69) is 10.6 Å². The predicted molar refractivity (Wildman–Crippen MR) is 78.1 cm³/mol. The second-order valence-corrected chi connectivity index (χ2v) is 4.50. The van der Waals surface area contributed by atoms with Crippen molar-refractivity contribution in [3.63, 3.8) is 0 Å². The Bertz CT molecular complexity index is 532. The molecule has 1 aromatic rings. The lowest BCUT2D eigenvalue weighted by atomic mass is 10.2. The highest BCUT2D eigenvalue weighted by atomic mass is 16.6. The van der Waals surface area contributed by atoms with Gasteiger partial charge in [0.15, 0.2) is 0 Å². The highest BCUT2D eigenvalue weighted by Gasteiger charge is 2.10. The molecule has 0 aliphatic heterocycles. The van der Waals surface area contributed by atoms with Crippen molar-refractivity contribution in [3.8, 4) is 0 Å². The molecular formula is C13H18N4O5. The van der Waals surface area contributed by atoms with E-state index in [1.165, 1.54) is 24.1 Å². The molecule has 3 N–H and O–H groups in total. The van der Waals surface area contributed by atoms with Crippen molar-refractivity contribution in [1.29, 1.82) is 0 Å². The Balaban J connectivity index is 2.34. The second-order valence-electron chi connectivity index (χ2n) is 4.50. The van der Waals surface area contributed by atoms with E-state index in [4.69, 9.17) is 5.11 Å². The fourth-order valence-electron chi connectivity index (χ4n) is 1.55. The Morgan fingerprint density at radius 3 is 2.45 bits per heavy atom. The Morgan fingerprint density at radius 1 is 1.27 bits per heavy atom. The Kier molecular flexibility index (Phi) is 6.77. The summed E-state index contributed by atoms with van der Waals surface area (Å²) in [5.41, 5.74) is 0.676. The molecule has 0 aromatic heterocycles. The molecule has 1 aromatic carbocycles. The van der Waals surface area contributed by atoms with Crippen LogP contribution in [0.2, 0.25) is 0 Å². The number of nitrogens with zero attached hydrogens (tertiary/aromatic N) is 2. The predicted octanol–water partition coefficient (Wildman–Crippen LogP) is -0.155. The number of carbonyl (C=O) groups is 2. The number of urea groups is 1. The summed E-state index contributed by atoms with van der Waals surface area (Å²) in [6, 6.07) is 5.26. The van der Waals surface area contributed by atoms with Gasteiger partial charge in [-0.05, 0) is 5.56 Å². The average molecular weight is 310 g/mol. The number of nitro benzene ring substituents is 1. The molecule has 0 saturated heterocycles. The summed E-state index contributed by atoms with van der Waals surface area (Å²) >= 11 is 0. The first-order valence-electron chi connectivity index (χ1n) is 6.54. The van der Waals surface area contributed by atoms with Crippen LogP contribution in [0.1, 0.15) is 5.56 Å². The molecule has 0 fully saturated rings. The summed E-state index contributed by atoms with van der Waals surface area (Å²) in [6.45, 7) is 0.0621. The van der Waals surface area contributed by atoms with Crippen molar-refractivity contribution >= 4 is 17.6 Å². The zero-order chi connectivity index (χ0) is 16.5. The van der Waals surface area contributed by atoms with Gasteiger partial charge in [0.25, 0.3) is 5.69 Å². The van der Waals surface area contributed by atoms with Gasteiger partial charge < -0.3 is 20.6 Å². The monoisotopic (exact) mass is 310 g/mol. The highest BCUT2D eigenvalue weighted by molar-refractivity contribution is 5.83. The van der Waals surface area contributed by atoms with Gasteiger partial charge in [0.2, 0.25) is 5.91 Å². The molecule has 3 amide bonds. The molecule has 0 radical (unpaired) electrons. The molecule has 0 aliphatic rings. The molecule has 0 unspecified atom stereocenters. The quantitative estimate of drug-likeness (QED) is 0.477. The highest BCUT2D eigenvalue weighted by Crippen LogP contribution is 2.11. The number of nitro groups is 1. The van der Waals surface area contributed by atoms with Gasteiger partial charge in [0, 0.05) is 32.3 Å². The van der Waals surface area contributed by atoms with E-state index in [-0.39, 0.29) is 37.8 Å². The maximum atomic E-state index is 11.5. The molecule has 120 valence electrons. The number of aliphatic hydroxyl groups is 1. The summed E-state index contributed by atoms with van der Waals surface area (Å²) in [5.74, 6) is -0.320. The standard InChI is InChI=1S/C13H18N4O5/c1-16(6-7-18)12(19)9-15-13(20)14-8-10-2-4-11(5-3-10)17(21)22/h2-5,18H,6-9H2,1H3,(H2,14,15,20). The Labute approximate surface area is 127 Å². The smallest absolute Gasteiger partial charge is 0.315 e. The number of likely N-dealkylation sites (N-methyl/N-ethyl adjacent to an activating group) is 1. The molecule has 9 heteroatoms. The van der Waals surface area contributed by atoms with Gasteiger partial charge in [-0.1, -0.05) is 12.1 Å². The molecule has 0 spiro atoms. The first kappa shape index (κ1) is 17.4. The third-order valence-electron chi connectivity index (χ3n) is 2.86. The van der Waals surface area contributed by atoms with Crippen LogP contribution in [0.3, 0.4) is 0 Å². The fourth-order valence-corrected chi connectivity index (χ4v) is 1.55. The first-order valence-corrected chi connectivity index (χ1v) is 6.54. The zero-order valence-corrected chi connectivity index (χ0v) is 12.1. The van der Waals surface area contributed by atoms with Crippen LogP contribution < -0.4 is 10.6 Å². The van der Waals surface area contributed by atoms with Crippen LogP contribution in [0.25, 0.3) is 0 Å². The van der Waals surface area contributed by atoms with Crippen LogP contribution in [0, 0.1) is 10.1 Å². The Morgan fingerprint density at radius 2 is 1.91 bits per heavy atom. The van der Waals surface area contributed by atoms with Crippen LogP contribution in [0.4, 0.5) is 10.5 Å². The maximum absolute atomic E-state index is 11.5. The van der Waals surface area contributed by atoms with Crippen LogP contribution in [-0.2, 0) is 11.3 Å². The normalized spacial score (nSPS) is 9.91. The van der Waals surface area contributed by atoms with Crippen molar-refractivity contribution < 1.29 is 19.6 Å². The number of amides is 3. The lowest BCUT2D eigenvalue weighted by Crippen LogP contribution is -2.43. The second kappa shape index (κ2) is 8.57. The number of carbonyl (C=O) groups excluding carboxylic acids is 2. The minimum Gasteiger partial charge on any atom is -0.395 e. The lowest BCUT2D eigenvalue weighted by Gasteiger charge is -2.16. The van der Waals surface area contributed by atoms with Crippen molar-refractivity contribution in [3.05, 3.63) is 39.9 Å². The van der Waals surface area contributed by atoms with Gasteiger partial charge in [-0.25, -0.2) is 4.79 Å². The summed E-state index contributed by atoms with van der Waals surface area (Å²) in [5, 5.41) is 24.1. The van der Waals surface area contributed by atoms with Crippen molar-refractivity contribution in [2.45, 2.75) is 6.54 Å². The van der Waals surface area contributed by atoms with Gasteiger partial charge >= 0.3 is 6.03 Å². The summed E-state index contributed by atoms with van der Waals surface area (Å²) in [7, 11) is 1.52. The molecule has 0 atom stereocenters. The van der Waals surface area contributed by atoms with Gasteiger partial charge in [0.1, 0.15) is 0 Å². The summed E-state index contributed by atoms with van der Waals surface area (Å²) in [4.78, 5) is 34.4. The minimum absolute atomic E-state index is 0.0225. The van der Waals surface area contributed by atoms with Gasteiger partial charge in [0.05, 0.1) is 18.1 Å². The summed E-state index contributed by atoms with van der Waals surface area (Å²) < 4.78 is 0. The average Bonchev–Trinajstić information content (AvgIpc) is 2.51. The molecule has 0 aliphatic carbocycles. The topological polar surface area (TPSA) is 125 Å². The zero-order valence-electron chi connectivity index (χ0n) is 12.1. The SMILES string of the molecule is CN(CCO)C(=O)CNC(=O)NCc1ccc([N+](=O)[O-])cc1. The number of non-ortho nitro benzene ring substituents is 1. The van der Waals surface area contributed by atoms with E-state index in [0.717, 1.165) is 0 Å². The summed E-state index contributed by atoms with van der Waals surface area (Å²) in [6.07, 6.45) is 0. The Hall–Kier alpha value is -2.68. The van der Waals surface area contributed by atoms with E-state index < -0.39 is 11.0 Å². The van der Waals surface area contributed by atoms with Crippen molar-refractivity contribution in [2.24, 2.45) is 0 Å². The van der Waals surface area contributed by atoms with Gasteiger partial charge in [-0.3, -0.25) is 14.9 Å². The number of hydrogen-bond acceptors (Lipinski definition) is 5. The molecule has 22 heavy (non-hydrogen) atoms. The largest absolute Gasteiger partial charge is 0.395 e. The van der Waals surface area contributed by atoms with E-state index in [0.29, 0.717) is 5.56 Å². The van der Waals surface area contributed by atoms with Crippen LogP contribution in [-0.4, -0.2) is 53.6 Å². The lowest BCUT2D eigenvalue weighted by molar-refractivity contribution is -0.384. The molecular weight excluding hydrogens is 292 g/mol. The maximum Gasteiger partial charge on any atom is 0.315 e.